The Kier molecular flexibility index (Phi) is 4.58. The summed E-state index contributed by atoms with van der Waals surface area (Å²) in [4.78, 5) is 3.91. The van der Waals surface area contributed by atoms with Crippen molar-refractivity contribution in [2.75, 3.05) is 0 Å². The van der Waals surface area contributed by atoms with Crippen molar-refractivity contribution in [1.82, 2.24) is 4.98 Å². The van der Waals surface area contributed by atoms with Gasteiger partial charge in [0, 0.05) is 22.4 Å². The van der Waals surface area contributed by atoms with Gasteiger partial charge >= 0.3 is 0 Å². The van der Waals surface area contributed by atoms with Crippen molar-refractivity contribution in [3.63, 3.8) is 0 Å². The molecule has 0 atom stereocenters. The van der Waals surface area contributed by atoms with Gasteiger partial charge in [0.25, 0.3) is 0 Å². The summed E-state index contributed by atoms with van der Waals surface area (Å²) in [5, 5.41) is 9.74. The van der Waals surface area contributed by atoms with Gasteiger partial charge in [-0.2, -0.15) is 0 Å². The molecule has 94 valence electrons. The highest BCUT2D eigenvalue weighted by atomic mass is 79.9. The average molecular weight is 329 g/mol. The van der Waals surface area contributed by atoms with Gasteiger partial charge in [-0.05, 0) is 29.8 Å². The first-order valence-electron chi connectivity index (χ1n) is 5.31. The summed E-state index contributed by atoms with van der Waals surface area (Å²) in [7, 11) is 0. The van der Waals surface area contributed by atoms with E-state index < -0.39 is 0 Å². The molecule has 18 heavy (non-hydrogen) atoms. The molecule has 1 aromatic carbocycles. The second kappa shape index (κ2) is 6.18. The van der Waals surface area contributed by atoms with E-state index in [0.29, 0.717) is 17.4 Å². The van der Waals surface area contributed by atoms with E-state index in [2.05, 4.69) is 20.9 Å². The molecule has 0 fully saturated rings. The molecular formula is C13H11BrClNO2. The van der Waals surface area contributed by atoms with E-state index in [-0.39, 0.29) is 6.61 Å². The Bertz CT molecular complexity index is 548. The minimum absolute atomic E-state index is 0.0339. The Morgan fingerprint density at radius 2 is 2.11 bits per heavy atom. The zero-order valence-corrected chi connectivity index (χ0v) is 11.8. The first-order chi connectivity index (χ1) is 8.70. The molecule has 1 aromatic heterocycles. The fourth-order valence-electron chi connectivity index (χ4n) is 1.44. The number of aliphatic hydroxyl groups excluding tert-OH is 1. The van der Waals surface area contributed by atoms with Crippen LogP contribution in [0.15, 0.2) is 41.1 Å². The van der Waals surface area contributed by atoms with E-state index in [1.807, 2.05) is 18.2 Å². The van der Waals surface area contributed by atoms with Crippen molar-refractivity contribution < 1.29 is 9.84 Å². The van der Waals surface area contributed by atoms with Gasteiger partial charge in [0.2, 0.25) is 0 Å². The largest absolute Gasteiger partial charge is 0.489 e. The van der Waals surface area contributed by atoms with Crippen molar-refractivity contribution in [3.05, 3.63) is 57.3 Å². The summed E-state index contributed by atoms with van der Waals surface area (Å²) in [6.07, 6.45) is 3.26. The first kappa shape index (κ1) is 13.3. The smallest absolute Gasteiger partial charge is 0.120 e. The number of hydrogen-bond donors (Lipinski definition) is 1. The van der Waals surface area contributed by atoms with Crippen LogP contribution in [0.25, 0.3) is 0 Å². The van der Waals surface area contributed by atoms with Crippen LogP contribution in [0.3, 0.4) is 0 Å². The Morgan fingerprint density at radius 1 is 1.28 bits per heavy atom. The monoisotopic (exact) mass is 327 g/mol. The van der Waals surface area contributed by atoms with Gasteiger partial charge in [-0.1, -0.05) is 27.5 Å². The highest BCUT2D eigenvalue weighted by molar-refractivity contribution is 9.10. The van der Waals surface area contributed by atoms with Crippen molar-refractivity contribution in [2.24, 2.45) is 0 Å². The minimum atomic E-state index is -0.0339. The van der Waals surface area contributed by atoms with Gasteiger partial charge in [-0.3, -0.25) is 4.98 Å². The Balaban J connectivity index is 2.09. The molecule has 0 radical (unpaired) electrons. The number of benzene rings is 1. The predicted octanol–water partition coefficient (Wildman–Crippen LogP) is 3.57. The van der Waals surface area contributed by atoms with Gasteiger partial charge in [0.05, 0.1) is 11.6 Å². The summed E-state index contributed by atoms with van der Waals surface area (Å²) >= 11 is 9.34. The lowest BCUT2D eigenvalue weighted by molar-refractivity contribution is 0.277. The van der Waals surface area contributed by atoms with Crippen LogP contribution in [-0.2, 0) is 13.2 Å². The Hall–Kier alpha value is -1.10. The van der Waals surface area contributed by atoms with E-state index in [9.17, 15) is 0 Å². The summed E-state index contributed by atoms with van der Waals surface area (Å²) < 4.78 is 6.49. The molecule has 0 unspecified atom stereocenters. The van der Waals surface area contributed by atoms with Crippen LogP contribution in [0.5, 0.6) is 5.75 Å². The zero-order chi connectivity index (χ0) is 13.0. The van der Waals surface area contributed by atoms with Crippen LogP contribution in [0, 0.1) is 0 Å². The number of nitrogens with zero attached hydrogens (tertiary/aromatic N) is 1. The maximum absolute atomic E-state index is 9.16. The van der Waals surface area contributed by atoms with Crippen LogP contribution in [-0.4, -0.2) is 10.1 Å². The second-order valence-corrected chi connectivity index (χ2v) is 4.93. The maximum atomic E-state index is 9.16. The van der Waals surface area contributed by atoms with Crippen molar-refractivity contribution >= 4 is 27.5 Å². The quantitative estimate of drug-likeness (QED) is 0.933. The van der Waals surface area contributed by atoms with Crippen molar-refractivity contribution in [3.8, 4) is 5.75 Å². The Morgan fingerprint density at radius 3 is 2.83 bits per heavy atom. The molecule has 2 rings (SSSR count). The van der Waals surface area contributed by atoms with Crippen LogP contribution in [0.2, 0.25) is 5.02 Å². The normalized spacial score (nSPS) is 10.4. The lowest BCUT2D eigenvalue weighted by Crippen LogP contribution is -1.97. The van der Waals surface area contributed by atoms with Gasteiger partial charge in [-0.15, -0.1) is 0 Å². The topological polar surface area (TPSA) is 42.4 Å². The minimum Gasteiger partial charge on any atom is -0.489 e. The number of hydrogen-bond acceptors (Lipinski definition) is 3. The van der Waals surface area contributed by atoms with Crippen molar-refractivity contribution in [2.45, 2.75) is 13.2 Å². The molecule has 5 heteroatoms. The summed E-state index contributed by atoms with van der Waals surface area (Å²) in [5.41, 5.74) is 1.66. The zero-order valence-electron chi connectivity index (χ0n) is 9.44. The molecule has 2 aromatic rings. The number of ether oxygens (including phenoxy) is 1. The number of aliphatic hydroxyl groups is 1. The molecule has 1 N–H and O–H groups in total. The van der Waals surface area contributed by atoms with E-state index in [4.69, 9.17) is 21.4 Å². The molecule has 0 amide bonds. The van der Waals surface area contributed by atoms with Gasteiger partial charge < -0.3 is 9.84 Å². The number of aromatic nitrogens is 1. The molecule has 0 saturated carbocycles. The second-order valence-electron chi connectivity index (χ2n) is 3.67. The van der Waals surface area contributed by atoms with Crippen LogP contribution in [0.4, 0.5) is 0 Å². The first-order valence-corrected chi connectivity index (χ1v) is 6.48. The third kappa shape index (κ3) is 3.22. The summed E-state index contributed by atoms with van der Waals surface area (Å²) in [6, 6.07) is 7.28. The van der Waals surface area contributed by atoms with E-state index in [0.717, 1.165) is 15.6 Å². The number of pyridine rings is 1. The number of rotatable bonds is 4. The van der Waals surface area contributed by atoms with E-state index in [1.165, 1.54) is 0 Å². The molecule has 0 aliphatic carbocycles. The lowest BCUT2D eigenvalue weighted by atomic mass is 10.2. The highest BCUT2D eigenvalue weighted by Crippen LogP contribution is 2.24. The summed E-state index contributed by atoms with van der Waals surface area (Å²) in [5.74, 6) is 0.690. The van der Waals surface area contributed by atoms with E-state index in [1.54, 1.807) is 18.5 Å². The average Bonchev–Trinajstić information content (AvgIpc) is 2.39. The SMILES string of the molecule is OCc1cc(OCc2ccncc2Cl)ccc1Br. The van der Waals surface area contributed by atoms with Gasteiger partial charge in [0.1, 0.15) is 12.4 Å². The molecule has 0 spiro atoms. The van der Waals surface area contributed by atoms with Crippen LogP contribution >= 0.6 is 27.5 Å². The summed E-state index contributed by atoms with van der Waals surface area (Å²) in [6.45, 7) is 0.335. The van der Waals surface area contributed by atoms with Crippen LogP contribution in [0.1, 0.15) is 11.1 Å². The molecule has 3 nitrogen and oxygen atoms in total. The third-order valence-electron chi connectivity index (χ3n) is 2.44. The molecule has 0 aliphatic rings. The number of halogens is 2. The standard InChI is InChI=1S/C13H11BrClNO2/c14-12-2-1-11(5-10(12)7-17)18-8-9-3-4-16-6-13(9)15/h1-6,17H,7-8H2. The maximum Gasteiger partial charge on any atom is 0.120 e. The fourth-order valence-corrected chi connectivity index (χ4v) is 1.99. The van der Waals surface area contributed by atoms with Gasteiger partial charge in [-0.25, -0.2) is 0 Å². The van der Waals surface area contributed by atoms with Gasteiger partial charge in [0.15, 0.2) is 0 Å². The van der Waals surface area contributed by atoms with E-state index >= 15 is 0 Å². The predicted molar refractivity (Wildman–Crippen MR) is 73.6 cm³/mol. The highest BCUT2D eigenvalue weighted by Gasteiger charge is 2.04. The fraction of sp³-hybridized carbons (Fsp3) is 0.154. The Labute approximate surface area is 119 Å². The molecule has 0 aliphatic heterocycles. The molecule has 0 bridgehead atoms. The molecular weight excluding hydrogens is 318 g/mol. The van der Waals surface area contributed by atoms with Crippen molar-refractivity contribution in [1.29, 1.82) is 0 Å². The van der Waals surface area contributed by atoms with Crippen LogP contribution < -0.4 is 4.74 Å². The molecule has 0 saturated heterocycles. The third-order valence-corrected chi connectivity index (χ3v) is 3.55. The lowest BCUT2D eigenvalue weighted by Gasteiger charge is -2.09. The molecule has 1 heterocycles.